The molecule has 0 heterocycles. The van der Waals surface area contributed by atoms with E-state index in [0.717, 1.165) is 18.2 Å². The molecule has 1 aromatic carbocycles. The van der Waals surface area contributed by atoms with Gasteiger partial charge in [0.2, 0.25) is 0 Å². The molecule has 0 bridgehead atoms. The Morgan fingerprint density at radius 1 is 1.12 bits per heavy atom. The van der Waals surface area contributed by atoms with Crippen LogP contribution in [0.4, 0.5) is 17.6 Å². The highest BCUT2D eigenvalue weighted by atomic mass is 19.4. The fraction of sp³-hybridized carbons (Fsp3) is 0.500. The molecule has 0 amide bonds. The monoisotopic (exact) mass is 250 g/mol. The van der Waals surface area contributed by atoms with Gasteiger partial charge in [-0.05, 0) is 35.6 Å². The number of rotatable bonds is 2. The van der Waals surface area contributed by atoms with Crippen LogP contribution in [0.25, 0.3) is 0 Å². The molecule has 1 nitrogen and oxygen atoms in total. The van der Waals surface area contributed by atoms with Crippen LogP contribution >= 0.6 is 0 Å². The van der Waals surface area contributed by atoms with E-state index in [1.54, 1.807) is 0 Å². The molecule has 96 valence electrons. The van der Waals surface area contributed by atoms with Gasteiger partial charge in [-0.3, -0.25) is 0 Å². The number of hydrogen-bond acceptors (Lipinski definition) is 1. The van der Waals surface area contributed by atoms with Crippen LogP contribution in [-0.4, -0.2) is 6.36 Å². The van der Waals surface area contributed by atoms with Gasteiger partial charge in [0.05, 0.1) is 0 Å². The second kappa shape index (κ2) is 4.55. The Hall–Kier alpha value is -1.26. The van der Waals surface area contributed by atoms with E-state index in [2.05, 4.69) is 4.74 Å². The average molecular weight is 250 g/mol. The highest BCUT2D eigenvalue weighted by molar-refractivity contribution is 5.30. The van der Waals surface area contributed by atoms with Crippen molar-refractivity contribution in [2.24, 2.45) is 5.41 Å². The van der Waals surface area contributed by atoms with E-state index in [4.69, 9.17) is 0 Å². The maximum absolute atomic E-state index is 13.4. The lowest BCUT2D eigenvalue weighted by Crippen LogP contribution is -2.17. The molecule has 17 heavy (non-hydrogen) atoms. The van der Waals surface area contributed by atoms with Gasteiger partial charge in [0.15, 0.2) is 0 Å². The largest absolute Gasteiger partial charge is 0.573 e. The van der Waals surface area contributed by atoms with Gasteiger partial charge in [0, 0.05) is 0 Å². The van der Waals surface area contributed by atoms with E-state index in [-0.39, 0.29) is 11.0 Å². The molecule has 0 atom stereocenters. The molecular weight excluding hydrogens is 236 g/mol. The molecule has 0 aromatic heterocycles. The Bertz CT molecular complexity index is 390. The van der Waals surface area contributed by atoms with E-state index in [9.17, 15) is 17.6 Å². The summed E-state index contributed by atoms with van der Waals surface area (Å²) in [5.74, 6) is -0.910. The molecular formula is C12H14F4O. The molecule has 0 saturated heterocycles. The Kier molecular flexibility index (Phi) is 3.69. The first-order chi connectivity index (χ1) is 7.57. The van der Waals surface area contributed by atoms with Gasteiger partial charge in [-0.2, -0.15) is 0 Å². The minimum Gasteiger partial charge on any atom is -0.406 e. The van der Waals surface area contributed by atoms with Crippen molar-refractivity contribution >= 4 is 0 Å². The molecule has 0 spiro atoms. The molecule has 1 rings (SSSR count). The van der Waals surface area contributed by atoms with Crippen LogP contribution < -0.4 is 4.74 Å². The second-order valence-electron chi connectivity index (χ2n) is 5.04. The number of benzene rings is 1. The summed E-state index contributed by atoms with van der Waals surface area (Å²) in [6, 6.07) is 3.05. The minimum absolute atomic E-state index is 0.211. The zero-order valence-electron chi connectivity index (χ0n) is 9.86. The Balaban J connectivity index is 2.95. The van der Waals surface area contributed by atoms with Crippen molar-refractivity contribution in [2.45, 2.75) is 33.6 Å². The normalized spacial score (nSPS) is 12.6. The second-order valence-corrected chi connectivity index (χ2v) is 5.04. The lowest BCUT2D eigenvalue weighted by molar-refractivity contribution is -0.274. The van der Waals surface area contributed by atoms with E-state index in [1.165, 1.54) is 0 Å². The summed E-state index contributed by atoms with van der Waals surface area (Å²) in [6.07, 6.45) is -4.41. The Labute approximate surface area is 97.4 Å². The topological polar surface area (TPSA) is 9.23 Å². The summed E-state index contributed by atoms with van der Waals surface area (Å²) in [4.78, 5) is 0. The summed E-state index contributed by atoms with van der Waals surface area (Å²) in [5, 5.41) is 0. The van der Waals surface area contributed by atoms with Crippen LogP contribution in [0, 0.1) is 11.2 Å². The first kappa shape index (κ1) is 13.8. The zero-order chi connectivity index (χ0) is 13.3. The van der Waals surface area contributed by atoms with Crippen LogP contribution in [0.5, 0.6) is 5.75 Å². The number of hydrogen-bond donors (Lipinski definition) is 0. The van der Waals surface area contributed by atoms with E-state index in [0.29, 0.717) is 6.42 Å². The maximum atomic E-state index is 13.4. The van der Waals surface area contributed by atoms with Crippen molar-refractivity contribution in [3.05, 3.63) is 29.6 Å². The molecule has 0 saturated carbocycles. The summed E-state index contributed by atoms with van der Waals surface area (Å²) in [5.41, 5.74) is 0.0109. The molecule has 0 aliphatic carbocycles. The van der Waals surface area contributed by atoms with Crippen molar-refractivity contribution in [3.63, 3.8) is 0 Å². The lowest BCUT2D eigenvalue weighted by atomic mass is 9.88. The van der Waals surface area contributed by atoms with Gasteiger partial charge in [-0.25, -0.2) is 4.39 Å². The van der Waals surface area contributed by atoms with Crippen molar-refractivity contribution in [1.29, 1.82) is 0 Å². The smallest absolute Gasteiger partial charge is 0.406 e. The number of halogens is 4. The fourth-order valence-corrected chi connectivity index (χ4v) is 1.46. The van der Waals surface area contributed by atoms with Crippen LogP contribution in [0.15, 0.2) is 18.2 Å². The highest BCUT2D eigenvalue weighted by Crippen LogP contribution is 2.28. The minimum atomic E-state index is -4.75. The van der Waals surface area contributed by atoms with Gasteiger partial charge in [-0.1, -0.05) is 20.8 Å². The van der Waals surface area contributed by atoms with E-state index < -0.39 is 17.9 Å². The summed E-state index contributed by atoms with van der Waals surface area (Å²) in [6.45, 7) is 5.64. The molecule has 0 aliphatic rings. The number of ether oxygens (including phenoxy) is 1. The standard InChI is InChI=1S/C12H14F4O/c1-11(2,3)7-8-6-9(4-5-10(8)13)17-12(14,15)16/h4-6H,7H2,1-3H3. The first-order valence-electron chi connectivity index (χ1n) is 5.11. The molecule has 0 radical (unpaired) electrons. The van der Waals surface area contributed by atoms with Gasteiger partial charge in [0.1, 0.15) is 11.6 Å². The quantitative estimate of drug-likeness (QED) is 0.710. The zero-order valence-corrected chi connectivity index (χ0v) is 9.86. The van der Waals surface area contributed by atoms with Crippen LogP contribution in [0.2, 0.25) is 0 Å². The van der Waals surface area contributed by atoms with Crippen molar-refractivity contribution in [2.75, 3.05) is 0 Å². The number of alkyl halides is 3. The third-order valence-electron chi connectivity index (χ3n) is 1.97. The van der Waals surface area contributed by atoms with Gasteiger partial charge < -0.3 is 4.74 Å². The van der Waals surface area contributed by atoms with Gasteiger partial charge >= 0.3 is 6.36 Å². The SMILES string of the molecule is CC(C)(C)Cc1cc(OC(F)(F)F)ccc1F. The molecule has 5 heteroatoms. The third kappa shape index (κ3) is 5.06. The molecule has 0 fully saturated rings. The van der Waals surface area contributed by atoms with E-state index >= 15 is 0 Å². The van der Waals surface area contributed by atoms with Crippen LogP contribution in [-0.2, 0) is 6.42 Å². The van der Waals surface area contributed by atoms with Gasteiger partial charge in [-0.15, -0.1) is 13.2 Å². The maximum Gasteiger partial charge on any atom is 0.573 e. The molecule has 0 N–H and O–H groups in total. The summed E-state index contributed by atoms with van der Waals surface area (Å²) < 4.78 is 53.1. The predicted molar refractivity (Wildman–Crippen MR) is 56.2 cm³/mol. The lowest BCUT2D eigenvalue weighted by Gasteiger charge is -2.19. The van der Waals surface area contributed by atoms with Crippen molar-refractivity contribution in [3.8, 4) is 5.75 Å². The van der Waals surface area contributed by atoms with Gasteiger partial charge in [0.25, 0.3) is 0 Å². The summed E-state index contributed by atoms with van der Waals surface area (Å²) in [7, 11) is 0. The Morgan fingerprint density at radius 2 is 1.71 bits per heavy atom. The van der Waals surface area contributed by atoms with Crippen LogP contribution in [0.3, 0.4) is 0 Å². The van der Waals surface area contributed by atoms with Crippen molar-refractivity contribution in [1.82, 2.24) is 0 Å². The summed E-state index contributed by atoms with van der Waals surface area (Å²) >= 11 is 0. The first-order valence-corrected chi connectivity index (χ1v) is 5.11. The van der Waals surface area contributed by atoms with Crippen LogP contribution in [0.1, 0.15) is 26.3 Å². The molecule has 1 aromatic rings. The van der Waals surface area contributed by atoms with Crippen molar-refractivity contribution < 1.29 is 22.3 Å². The third-order valence-corrected chi connectivity index (χ3v) is 1.97. The molecule has 0 unspecified atom stereocenters. The highest BCUT2D eigenvalue weighted by Gasteiger charge is 2.31. The molecule has 0 aliphatic heterocycles. The predicted octanol–water partition coefficient (Wildman–Crippen LogP) is 4.31. The Morgan fingerprint density at radius 3 is 2.18 bits per heavy atom. The van der Waals surface area contributed by atoms with E-state index in [1.807, 2.05) is 20.8 Å². The average Bonchev–Trinajstić information content (AvgIpc) is 2.05. The fourth-order valence-electron chi connectivity index (χ4n) is 1.46.